The van der Waals surface area contributed by atoms with E-state index < -0.39 is 0 Å². The summed E-state index contributed by atoms with van der Waals surface area (Å²) in [5.41, 5.74) is 6.10. The second-order valence-electron chi connectivity index (χ2n) is 1.04. The Labute approximate surface area is 53.8 Å². The van der Waals surface area contributed by atoms with Crippen molar-refractivity contribution in [2.45, 2.75) is 0 Å². The van der Waals surface area contributed by atoms with Crippen LogP contribution in [0.3, 0.4) is 0 Å². The van der Waals surface area contributed by atoms with Crippen molar-refractivity contribution in [3.63, 3.8) is 0 Å². The third-order valence-corrected chi connectivity index (χ3v) is 3.25. The average Bonchev–Trinajstić information content (AvgIpc) is 1.91. The largest absolute Gasteiger partial charge is 0.396 e. The maximum atomic E-state index is 5.36. The molecule has 0 aromatic carbocycles. The molecule has 4 heteroatoms. The molecule has 0 unspecified atom stereocenters. The van der Waals surface area contributed by atoms with Crippen molar-refractivity contribution in [1.82, 2.24) is 0 Å². The first-order valence-corrected chi connectivity index (χ1v) is 4.26. The SMILES string of the molecule is Nc1cssc1=S. The van der Waals surface area contributed by atoms with Gasteiger partial charge in [-0.3, -0.25) is 0 Å². The number of hydrogen-bond acceptors (Lipinski definition) is 4. The first-order valence-electron chi connectivity index (χ1n) is 1.64. The summed E-state index contributed by atoms with van der Waals surface area (Å²) in [7, 11) is 3.11. The lowest BCUT2D eigenvalue weighted by molar-refractivity contribution is 1.90. The van der Waals surface area contributed by atoms with Gasteiger partial charge in [0.2, 0.25) is 0 Å². The minimum atomic E-state index is 0.741. The third-order valence-electron chi connectivity index (χ3n) is 0.535. The molecule has 0 aliphatic heterocycles. The monoisotopic (exact) mass is 149 g/mol. The van der Waals surface area contributed by atoms with Crippen molar-refractivity contribution in [2.24, 2.45) is 0 Å². The summed E-state index contributed by atoms with van der Waals surface area (Å²) in [5, 5.41) is 1.85. The lowest BCUT2D eigenvalue weighted by atomic mass is 10.7. The summed E-state index contributed by atoms with van der Waals surface area (Å²) in [4.78, 5) is 0. The Morgan fingerprint density at radius 3 is 2.57 bits per heavy atom. The lowest BCUT2D eigenvalue weighted by Gasteiger charge is -1.70. The molecule has 7 heavy (non-hydrogen) atoms. The molecular formula is C3H3NS3. The molecule has 38 valence electrons. The summed E-state index contributed by atoms with van der Waals surface area (Å²) in [6.07, 6.45) is 0. The number of hydrogen-bond donors (Lipinski definition) is 1. The molecule has 0 aliphatic carbocycles. The van der Waals surface area contributed by atoms with Gasteiger partial charge in [0.15, 0.2) is 0 Å². The Bertz CT molecular complexity index is 198. The van der Waals surface area contributed by atoms with Crippen molar-refractivity contribution < 1.29 is 0 Å². The van der Waals surface area contributed by atoms with Gasteiger partial charge < -0.3 is 5.73 Å². The summed E-state index contributed by atoms with van der Waals surface area (Å²) in [5.74, 6) is 0. The van der Waals surface area contributed by atoms with Crippen LogP contribution in [0.25, 0.3) is 0 Å². The van der Waals surface area contributed by atoms with Gasteiger partial charge in [-0.15, -0.1) is 0 Å². The van der Waals surface area contributed by atoms with Gasteiger partial charge >= 0.3 is 0 Å². The van der Waals surface area contributed by atoms with Crippen LogP contribution in [0.5, 0.6) is 0 Å². The fourth-order valence-electron chi connectivity index (χ4n) is 0.216. The Morgan fingerprint density at radius 2 is 2.43 bits per heavy atom. The fraction of sp³-hybridized carbons (Fsp3) is 0. The zero-order chi connectivity index (χ0) is 5.28. The maximum Gasteiger partial charge on any atom is 0.124 e. The predicted molar refractivity (Wildman–Crippen MR) is 37.4 cm³/mol. The van der Waals surface area contributed by atoms with Gasteiger partial charge in [-0.1, -0.05) is 32.9 Å². The minimum absolute atomic E-state index is 0.741. The number of anilines is 1. The van der Waals surface area contributed by atoms with Crippen LogP contribution in [0.4, 0.5) is 5.69 Å². The van der Waals surface area contributed by atoms with Gasteiger partial charge in [0.05, 0.1) is 5.69 Å². The van der Waals surface area contributed by atoms with Gasteiger partial charge in [0.25, 0.3) is 0 Å². The molecular weight excluding hydrogens is 146 g/mol. The molecule has 0 bridgehead atoms. The molecule has 0 amide bonds. The standard InChI is InChI=1S/C3H3NS3/c4-2-1-6-7-3(2)5/h1H,4H2. The van der Waals surface area contributed by atoms with Crippen molar-refractivity contribution in [3.05, 3.63) is 9.20 Å². The Balaban J connectivity index is 3.39. The van der Waals surface area contributed by atoms with Crippen LogP contribution in [0, 0.1) is 3.82 Å². The highest BCUT2D eigenvalue weighted by atomic mass is 32.9. The topological polar surface area (TPSA) is 26.0 Å². The molecule has 0 aliphatic rings. The van der Waals surface area contributed by atoms with Crippen LogP contribution in [0.1, 0.15) is 0 Å². The van der Waals surface area contributed by atoms with E-state index in [2.05, 4.69) is 0 Å². The highest BCUT2D eigenvalue weighted by molar-refractivity contribution is 7.79. The average molecular weight is 149 g/mol. The van der Waals surface area contributed by atoms with E-state index in [-0.39, 0.29) is 0 Å². The van der Waals surface area contributed by atoms with E-state index in [1.54, 1.807) is 10.3 Å². The second-order valence-corrected chi connectivity index (χ2v) is 3.79. The van der Waals surface area contributed by atoms with Crippen LogP contribution in [-0.4, -0.2) is 0 Å². The highest BCUT2D eigenvalue weighted by Crippen LogP contribution is 2.17. The molecule has 1 nitrogen and oxygen atoms in total. The van der Waals surface area contributed by atoms with Gasteiger partial charge in [-0.2, -0.15) is 0 Å². The summed E-state index contributed by atoms with van der Waals surface area (Å²) in [6, 6.07) is 0. The second kappa shape index (κ2) is 1.90. The number of nitrogens with two attached hydrogens (primary N) is 1. The van der Waals surface area contributed by atoms with Crippen LogP contribution in [-0.2, 0) is 0 Å². The molecule has 1 heterocycles. The van der Waals surface area contributed by atoms with E-state index in [9.17, 15) is 0 Å². The van der Waals surface area contributed by atoms with E-state index in [4.69, 9.17) is 18.0 Å². The first kappa shape index (κ1) is 5.21. The zero-order valence-electron chi connectivity index (χ0n) is 3.38. The van der Waals surface area contributed by atoms with Crippen molar-refractivity contribution in [1.29, 1.82) is 0 Å². The van der Waals surface area contributed by atoms with Crippen molar-refractivity contribution in [2.75, 3.05) is 5.73 Å². The molecule has 1 aromatic rings. The van der Waals surface area contributed by atoms with Crippen molar-refractivity contribution >= 4 is 38.6 Å². The number of rotatable bonds is 0. The number of nitrogen functional groups attached to an aromatic ring is 1. The smallest absolute Gasteiger partial charge is 0.124 e. The molecule has 1 aromatic heterocycles. The molecule has 2 N–H and O–H groups in total. The van der Waals surface area contributed by atoms with Gasteiger partial charge in [-0.05, 0) is 0 Å². The van der Waals surface area contributed by atoms with E-state index in [1.807, 2.05) is 5.38 Å². The Hall–Kier alpha value is 0.0700. The quantitative estimate of drug-likeness (QED) is 0.451. The molecule has 0 spiro atoms. The van der Waals surface area contributed by atoms with Gasteiger partial charge in [0.1, 0.15) is 3.82 Å². The molecule has 1 rings (SSSR count). The summed E-state index contributed by atoms with van der Waals surface area (Å²) < 4.78 is 0.810. The summed E-state index contributed by atoms with van der Waals surface area (Å²) >= 11 is 4.79. The predicted octanol–water partition coefficient (Wildman–Crippen LogP) is 2.12. The Kier molecular flexibility index (Phi) is 1.41. The molecule has 0 saturated carbocycles. The van der Waals surface area contributed by atoms with Crippen LogP contribution in [0.2, 0.25) is 0 Å². The van der Waals surface area contributed by atoms with E-state index >= 15 is 0 Å². The Morgan fingerprint density at radius 1 is 1.71 bits per heavy atom. The van der Waals surface area contributed by atoms with Crippen LogP contribution >= 0.6 is 32.9 Å². The molecule has 0 saturated heterocycles. The van der Waals surface area contributed by atoms with Crippen molar-refractivity contribution in [3.8, 4) is 0 Å². The minimum Gasteiger partial charge on any atom is -0.396 e. The molecule has 0 fully saturated rings. The first-order chi connectivity index (χ1) is 3.30. The van der Waals surface area contributed by atoms with Gasteiger partial charge in [-0.25, -0.2) is 0 Å². The van der Waals surface area contributed by atoms with E-state index in [0.717, 1.165) is 9.51 Å². The zero-order valence-corrected chi connectivity index (χ0v) is 5.83. The van der Waals surface area contributed by atoms with Crippen LogP contribution < -0.4 is 5.73 Å². The fourth-order valence-corrected chi connectivity index (χ4v) is 2.30. The normalized spacial score (nSPS) is 9.14. The van der Waals surface area contributed by atoms with Crippen LogP contribution in [0.15, 0.2) is 5.38 Å². The van der Waals surface area contributed by atoms with E-state index in [1.165, 1.54) is 10.3 Å². The maximum absolute atomic E-state index is 5.36. The third kappa shape index (κ3) is 0.992. The lowest BCUT2D eigenvalue weighted by Crippen LogP contribution is -1.76. The highest BCUT2D eigenvalue weighted by Gasteiger charge is 1.85. The molecule has 0 atom stereocenters. The molecule has 0 radical (unpaired) electrons. The van der Waals surface area contributed by atoms with E-state index in [0.29, 0.717) is 0 Å². The summed E-state index contributed by atoms with van der Waals surface area (Å²) in [6.45, 7) is 0. The van der Waals surface area contributed by atoms with Gasteiger partial charge in [0, 0.05) is 5.38 Å².